The van der Waals surface area contributed by atoms with Crippen molar-refractivity contribution in [3.8, 4) is 34.4 Å². The van der Waals surface area contributed by atoms with Crippen molar-refractivity contribution in [1.29, 1.82) is 5.26 Å². The molecule has 58 heavy (non-hydrogen) atoms. The van der Waals surface area contributed by atoms with E-state index in [2.05, 4.69) is 15.6 Å². The van der Waals surface area contributed by atoms with Crippen LogP contribution in [0.3, 0.4) is 0 Å². The number of benzene rings is 3. The number of hydrogen-bond acceptors (Lipinski definition) is 10. The Labute approximate surface area is 339 Å². The molecule has 3 aromatic carbocycles. The zero-order chi connectivity index (χ0) is 42.0. The number of rotatable bonds is 18. The molecule has 1 fully saturated rings. The lowest BCUT2D eigenvalue weighted by atomic mass is 9.93. The van der Waals surface area contributed by atoms with Gasteiger partial charge in [0.05, 0.1) is 23.8 Å². The number of nitriles is 1. The lowest BCUT2D eigenvalue weighted by Gasteiger charge is -2.25. The number of carbonyl (C=O) groups excluding carboxylic acids is 1. The second-order valence-electron chi connectivity index (χ2n) is 14.3. The van der Waals surface area contributed by atoms with E-state index in [-0.39, 0.29) is 24.8 Å². The van der Waals surface area contributed by atoms with Gasteiger partial charge in [-0.3, -0.25) is 19.9 Å². The number of hydrogen-bond donors (Lipinski definition) is 4. The third kappa shape index (κ3) is 11.2. The molecular weight excluding hydrogens is 779 g/mol. The lowest BCUT2D eigenvalue weighted by molar-refractivity contribution is -0.174. The van der Waals surface area contributed by atoms with Crippen LogP contribution in [-0.4, -0.2) is 82.6 Å². The van der Waals surface area contributed by atoms with E-state index in [0.717, 1.165) is 27.8 Å². The molecule has 2 atom stereocenters. The molecule has 4 aromatic rings. The fourth-order valence-electron chi connectivity index (χ4n) is 6.48. The van der Waals surface area contributed by atoms with E-state index in [1.807, 2.05) is 61.2 Å². The Kier molecular flexibility index (Phi) is 14.6. The Balaban J connectivity index is 1.25. The number of likely N-dealkylation sites (tertiary alicyclic amines) is 1. The molecule has 4 N–H and O–H groups in total. The van der Waals surface area contributed by atoms with Crippen molar-refractivity contribution >= 4 is 23.5 Å². The van der Waals surface area contributed by atoms with Crippen LogP contribution in [0.1, 0.15) is 53.1 Å². The van der Waals surface area contributed by atoms with Crippen LogP contribution in [-0.2, 0) is 29.3 Å². The van der Waals surface area contributed by atoms with E-state index in [9.17, 15) is 38.2 Å². The Hall–Kier alpha value is -5.40. The first-order chi connectivity index (χ1) is 27.6. The molecule has 1 aromatic heterocycles. The number of aliphatic carboxylic acids is 1. The number of carboxylic acid groups (broad SMARTS) is 1. The van der Waals surface area contributed by atoms with E-state index in [1.54, 1.807) is 24.4 Å². The summed E-state index contributed by atoms with van der Waals surface area (Å²) in [6.45, 7) is 6.85. The number of aliphatic hydroxyl groups excluding tert-OH is 1. The first kappa shape index (κ1) is 43.7. The molecular formula is C42H45ClF3N5O7. The van der Waals surface area contributed by atoms with Gasteiger partial charge in [0.2, 0.25) is 0 Å². The van der Waals surface area contributed by atoms with Crippen molar-refractivity contribution in [2.75, 3.05) is 32.8 Å². The second kappa shape index (κ2) is 19.4. The van der Waals surface area contributed by atoms with Crippen molar-refractivity contribution in [2.24, 2.45) is 0 Å². The highest BCUT2D eigenvalue weighted by Crippen LogP contribution is 2.36. The minimum Gasteiger partial charge on any atom is -0.493 e. The molecule has 0 radical (unpaired) electrons. The largest absolute Gasteiger partial charge is 0.493 e. The van der Waals surface area contributed by atoms with Crippen LogP contribution in [0.25, 0.3) is 11.1 Å². The Morgan fingerprint density at radius 1 is 0.983 bits per heavy atom. The van der Waals surface area contributed by atoms with Gasteiger partial charge in [0.1, 0.15) is 42.1 Å². The van der Waals surface area contributed by atoms with E-state index < -0.39 is 36.2 Å². The monoisotopic (exact) mass is 823 g/mol. The number of halogens is 4. The van der Waals surface area contributed by atoms with Crippen molar-refractivity contribution in [2.45, 2.75) is 71.1 Å². The topological polar surface area (TPSA) is 166 Å². The van der Waals surface area contributed by atoms with E-state index in [4.69, 9.17) is 25.8 Å². The molecule has 5 rings (SSSR count). The summed E-state index contributed by atoms with van der Waals surface area (Å²) >= 11 is 6.72. The van der Waals surface area contributed by atoms with Crippen molar-refractivity contribution in [1.82, 2.24) is 20.5 Å². The number of carbonyl (C=O) groups is 2. The van der Waals surface area contributed by atoms with Crippen LogP contribution >= 0.6 is 11.6 Å². The summed E-state index contributed by atoms with van der Waals surface area (Å²) < 4.78 is 56.4. The quantitative estimate of drug-likeness (QED) is 0.0810. The van der Waals surface area contributed by atoms with Crippen molar-refractivity contribution in [3.05, 3.63) is 105 Å². The van der Waals surface area contributed by atoms with Gasteiger partial charge in [0, 0.05) is 61.8 Å². The van der Waals surface area contributed by atoms with Gasteiger partial charge in [-0.05, 0) is 79.6 Å². The van der Waals surface area contributed by atoms with Crippen LogP contribution in [0.15, 0.2) is 67.0 Å². The van der Waals surface area contributed by atoms with E-state index >= 15 is 0 Å². The first-order valence-electron chi connectivity index (χ1n) is 18.5. The van der Waals surface area contributed by atoms with Crippen molar-refractivity contribution in [3.63, 3.8) is 0 Å². The number of carboxylic acids is 1. The smallest absolute Gasteiger partial charge is 0.471 e. The fourth-order valence-corrected chi connectivity index (χ4v) is 6.72. The van der Waals surface area contributed by atoms with Gasteiger partial charge < -0.3 is 34.6 Å². The summed E-state index contributed by atoms with van der Waals surface area (Å²) in [6.07, 6.45) is -0.774. The average Bonchev–Trinajstić information content (AvgIpc) is 3.65. The molecule has 0 saturated carbocycles. The highest BCUT2D eigenvalue weighted by Gasteiger charge is 2.40. The number of aromatic nitrogens is 1. The zero-order valence-corrected chi connectivity index (χ0v) is 33.0. The maximum atomic E-state index is 12.6. The summed E-state index contributed by atoms with van der Waals surface area (Å²) in [5.74, 6) is -1.77. The predicted molar refractivity (Wildman–Crippen MR) is 210 cm³/mol. The minimum absolute atomic E-state index is 0.00738. The molecule has 1 amide bonds. The molecule has 0 aliphatic carbocycles. The maximum absolute atomic E-state index is 12.6. The SMILES string of the molecule is Cc1c(COc2cc(OCc3cncc(C#N)c3)c(CNC(C)(CO)C(=O)O)cc2Cl)cccc1-c1cccc(OCCCN2CCC(NC(=O)C(F)(F)F)C2)c1C. The molecule has 12 nitrogen and oxygen atoms in total. The van der Waals surface area contributed by atoms with Gasteiger partial charge in [0.15, 0.2) is 0 Å². The molecule has 1 aliphatic rings. The summed E-state index contributed by atoms with van der Waals surface area (Å²) in [7, 11) is 0. The summed E-state index contributed by atoms with van der Waals surface area (Å²) in [4.78, 5) is 29.2. The molecule has 308 valence electrons. The van der Waals surface area contributed by atoms with Crippen LogP contribution in [0.5, 0.6) is 17.2 Å². The third-order valence-corrected chi connectivity index (χ3v) is 10.3. The van der Waals surface area contributed by atoms with Crippen LogP contribution in [0.4, 0.5) is 13.2 Å². The number of ether oxygens (including phenoxy) is 3. The molecule has 2 heterocycles. The zero-order valence-electron chi connectivity index (χ0n) is 32.3. The predicted octanol–water partition coefficient (Wildman–Crippen LogP) is 6.50. The van der Waals surface area contributed by atoms with Gasteiger partial charge in [-0.15, -0.1) is 0 Å². The third-order valence-electron chi connectivity index (χ3n) is 10.0. The Bertz CT molecular complexity index is 2150. The number of aliphatic hydroxyl groups is 1. The van der Waals surface area contributed by atoms with Crippen molar-refractivity contribution < 1.29 is 47.2 Å². The van der Waals surface area contributed by atoms with Gasteiger partial charge in [-0.25, -0.2) is 0 Å². The highest BCUT2D eigenvalue weighted by atomic mass is 35.5. The molecule has 2 unspecified atom stereocenters. The van der Waals surface area contributed by atoms with E-state index in [0.29, 0.717) is 73.0 Å². The molecule has 1 saturated heterocycles. The van der Waals surface area contributed by atoms with Gasteiger partial charge >= 0.3 is 18.1 Å². The number of nitrogens with one attached hydrogen (secondary N) is 2. The summed E-state index contributed by atoms with van der Waals surface area (Å²) in [6, 6.07) is 18.1. The van der Waals surface area contributed by atoms with Crippen LogP contribution < -0.4 is 24.8 Å². The summed E-state index contributed by atoms with van der Waals surface area (Å²) in [5.41, 5.74) is 4.63. The van der Waals surface area contributed by atoms with Gasteiger partial charge in [-0.2, -0.15) is 18.4 Å². The Morgan fingerprint density at radius 2 is 1.71 bits per heavy atom. The summed E-state index contributed by atoms with van der Waals surface area (Å²) in [5, 5.41) is 33.9. The van der Waals surface area contributed by atoms with Gasteiger partial charge in [0.25, 0.3) is 0 Å². The fraction of sp³-hybridized carbons (Fsp3) is 0.381. The number of alkyl halides is 3. The molecule has 0 bridgehead atoms. The standard InChI is InChI=1S/C42H45ClF3N5O7/c1-26-30(7-4-8-33(26)34-9-5-10-36(27(34)2)56-14-6-12-51-13-11-32(22-51)50-39(53)42(44,45)46)24-58-38-17-37(57-23-29-15-28(18-47)19-48-20-29)31(16-35(38)43)21-49-41(3,25-52)40(54)55/h4-5,7-10,15-17,19-20,32,49,52H,6,11-14,21-25H2,1-3H3,(H,50,53)(H,54,55). The van der Waals surface area contributed by atoms with E-state index in [1.165, 1.54) is 13.1 Å². The van der Waals surface area contributed by atoms with Crippen LogP contribution in [0.2, 0.25) is 5.02 Å². The average molecular weight is 824 g/mol. The first-order valence-corrected chi connectivity index (χ1v) is 18.9. The highest BCUT2D eigenvalue weighted by molar-refractivity contribution is 6.32. The van der Waals surface area contributed by atoms with Gasteiger partial charge in [-0.1, -0.05) is 41.9 Å². The number of amides is 1. The lowest BCUT2D eigenvalue weighted by Crippen LogP contribution is -2.52. The normalized spacial score (nSPS) is 15.3. The molecule has 16 heteroatoms. The molecule has 1 aliphatic heterocycles. The number of nitrogens with zero attached hydrogens (tertiary/aromatic N) is 3. The molecule has 0 spiro atoms. The number of pyridine rings is 1. The maximum Gasteiger partial charge on any atom is 0.471 e. The second-order valence-corrected chi connectivity index (χ2v) is 14.7. The minimum atomic E-state index is -4.89. The Morgan fingerprint density at radius 3 is 2.41 bits per heavy atom. The van der Waals surface area contributed by atoms with Crippen LogP contribution in [0, 0.1) is 25.2 Å².